The molecular formula is C22H24F2N2O3S. The highest BCUT2D eigenvalue weighted by Gasteiger charge is 2.30. The third kappa shape index (κ3) is 5.52. The lowest BCUT2D eigenvalue weighted by Crippen LogP contribution is -2.42. The van der Waals surface area contributed by atoms with Gasteiger partial charge in [0.15, 0.2) is 11.6 Å². The van der Waals surface area contributed by atoms with Gasteiger partial charge in [-0.1, -0.05) is 36.4 Å². The van der Waals surface area contributed by atoms with Crippen molar-refractivity contribution in [2.24, 2.45) is 5.92 Å². The molecule has 2 aromatic carbocycles. The predicted molar refractivity (Wildman–Crippen MR) is 112 cm³/mol. The Labute approximate surface area is 175 Å². The van der Waals surface area contributed by atoms with Crippen LogP contribution in [0.4, 0.5) is 8.78 Å². The average Bonchev–Trinajstić information content (AvgIpc) is 2.75. The summed E-state index contributed by atoms with van der Waals surface area (Å²) in [6, 6.07) is 12.2. The third-order valence-electron chi connectivity index (χ3n) is 5.22. The van der Waals surface area contributed by atoms with Gasteiger partial charge in [0, 0.05) is 24.4 Å². The quantitative estimate of drug-likeness (QED) is 0.751. The molecule has 1 saturated heterocycles. The van der Waals surface area contributed by atoms with Gasteiger partial charge in [0.05, 0.1) is 6.04 Å². The Kier molecular flexibility index (Phi) is 6.99. The first-order valence-corrected chi connectivity index (χ1v) is 11.2. The Morgan fingerprint density at radius 2 is 1.77 bits per heavy atom. The lowest BCUT2D eigenvalue weighted by Gasteiger charge is -2.30. The minimum Gasteiger partial charge on any atom is -0.349 e. The number of hydrogen-bond acceptors (Lipinski definition) is 3. The summed E-state index contributed by atoms with van der Waals surface area (Å²) in [7, 11) is -3.56. The summed E-state index contributed by atoms with van der Waals surface area (Å²) in [5, 5.41) is 3.99. The van der Waals surface area contributed by atoms with Crippen LogP contribution in [0.25, 0.3) is 6.08 Å². The van der Waals surface area contributed by atoms with Crippen LogP contribution in [0.3, 0.4) is 0 Å². The highest BCUT2D eigenvalue weighted by Crippen LogP contribution is 2.23. The van der Waals surface area contributed by atoms with Crippen LogP contribution >= 0.6 is 0 Å². The number of nitrogens with zero attached hydrogens (tertiary/aromatic N) is 1. The summed E-state index contributed by atoms with van der Waals surface area (Å²) in [6.45, 7) is 2.19. The van der Waals surface area contributed by atoms with E-state index in [2.05, 4.69) is 5.32 Å². The molecule has 30 heavy (non-hydrogen) atoms. The molecule has 0 aliphatic carbocycles. The van der Waals surface area contributed by atoms with Crippen molar-refractivity contribution in [2.45, 2.75) is 25.8 Å². The molecule has 0 radical (unpaired) electrons. The van der Waals surface area contributed by atoms with Gasteiger partial charge in [-0.05, 0) is 49.1 Å². The molecule has 1 N–H and O–H groups in total. The third-order valence-corrected chi connectivity index (χ3v) is 6.78. The molecule has 5 nitrogen and oxygen atoms in total. The standard InChI is InChI=1S/C22H24F2N2O3S/c1-16(19-7-8-20(23)21(24)15-19)25-22(27)18-9-12-26(13-10-18)30(28,29)14-11-17-5-3-2-4-6-17/h2-8,11,14-16,18H,9-10,12-13H2,1H3,(H,25,27). The molecule has 1 fully saturated rings. The van der Waals surface area contributed by atoms with Crippen LogP contribution in [0.2, 0.25) is 0 Å². The molecule has 160 valence electrons. The largest absolute Gasteiger partial charge is 0.349 e. The smallest absolute Gasteiger partial charge is 0.236 e. The second-order valence-corrected chi connectivity index (χ2v) is 9.15. The normalized spacial score (nSPS) is 17.2. The Bertz CT molecular complexity index is 1020. The van der Waals surface area contributed by atoms with Crippen molar-refractivity contribution in [2.75, 3.05) is 13.1 Å². The number of nitrogens with one attached hydrogen (secondary N) is 1. The van der Waals surface area contributed by atoms with Crippen molar-refractivity contribution < 1.29 is 22.0 Å². The van der Waals surface area contributed by atoms with E-state index >= 15 is 0 Å². The van der Waals surface area contributed by atoms with Crippen molar-refractivity contribution in [3.63, 3.8) is 0 Å². The second kappa shape index (κ2) is 9.49. The molecular weight excluding hydrogens is 410 g/mol. The van der Waals surface area contributed by atoms with Crippen LogP contribution in [0, 0.1) is 17.6 Å². The molecule has 3 rings (SSSR count). The topological polar surface area (TPSA) is 66.5 Å². The van der Waals surface area contributed by atoms with Crippen LogP contribution in [0.15, 0.2) is 53.9 Å². The molecule has 1 aliphatic rings. The van der Waals surface area contributed by atoms with E-state index in [1.807, 2.05) is 30.3 Å². The van der Waals surface area contributed by atoms with E-state index in [9.17, 15) is 22.0 Å². The average molecular weight is 435 g/mol. The number of amides is 1. The molecule has 1 unspecified atom stereocenters. The van der Waals surface area contributed by atoms with E-state index in [4.69, 9.17) is 0 Å². The van der Waals surface area contributed by atoms with E-state index in [0.29, 0.717) is 18.4 Å². The zero-order valence-corrected chi connectivity index (χ0v) is 17.4. The lowest BCUT2D eigenvalue weighted by molar-refractivity contribution is -0.126. The highest BCUT2D eigenvalue weighted by molar-refractivity contribution is 7.92. The molecule has 0 saturated carbocycles. The van der Waals surface area contributed by atoms with Gasteiger partial charge in [0.1, 0.15) is 0 Å². The fraction of sp³-hybridized carbons (Fsp3) is 0.318. The van der Waals surface area contributed by atoms with E-state index in [1.54, 1.807) is 13.0 Å². The van der Waals surface area contributed by atoms with E-state index in [-0.39, 0.29) is 24.9 Å². The minimum absolute atomic E-state index is 0.218. The van der Waals surface area contributed by atoms with Gasteiger partial charge in [0.2, 0.25) is 15.9 Å². The Hall–Kier alpha value is -2.58. The summed E-state index contributed by atoms with van der Waals surface area (Å²) in [6.07, 6.45) is 2.35. The first-order valence-electron chi connectivity index (χ1n) is 9.75. The fourth-order valence-corrected chi connectivity index (χ4v) is 4.60. The van der Waals surface area contributed by atoms with E-state index in [1.165, 1.54) is 15.8 Å². The van der Waals surface area contributed by atoms with Crippen LogP contribution in [0.1, 0.15) is 36.9 Å². The monoisotopic (exact) mass is 434 g/mol. The zero-order valence-electron chi connectivity index (χ0n) is 16.6. The molecule has 1 aliphatic heterocycles. The van der Waals surface area contributed by atoms with Gasteiger partial charge >= 0.3 is 0 Å². The van der Waals surface area contributed by atoms with Gasteiger partial charge in [-0.25, -0.2) is 17.2 Å². The van der Waals surface area contributed by atoms with Crippen LogP contribution < -0.4 is 5.32 Å². The molecule has 8 heteroatoms. The SMILES string of the molecule is CC(NC(=O)C1CCN(S(=O)(=O)C=Cc2ccccc2)CC1)c1ccc(F)c(F)c1. The summed E-state index contributed by atoms with van der Waals surface area (Å²) in [5.41, 5.74) is 1.26. The van der Waals surface area contributed by atoms with Crippen LogP contribution in [-0.4, -0.2) is 31.7 Å². The zero-order chi connectivity index (χ0) is 21.7. The first-order chi connectivity index (χ1) is 14.3. The van der Waals surface area contributed by atoms with Crippen molar-refractivity contribution in [3.8, 4) is 0 Å². The Balaban J connectivity index is 1.54. The van der Waals surface area contributed by atoms with Crippen molar-refractivity contribution in [3.05, 3.63) is 76.7 Å². The van der Waals surface area contributed by atoms with Crippen molar-refractivity contribution >= 4 is 22.0 Å². The maximum Gasteiger partial charge on any atom is 0.236 e. The molecule has 0 bridgehead atoms. The summed E-state index contributed by atoms with van der Waals surface area (Å²) in [5.74, 6) is -2.45. The van der Waals surface area contributed by atoms with Gasteiger partial charge in [-0.2, -0.15) is 4.31 Å². The number of sulfonamides is 1. The van der Waals surface area contributed by atoms with E-state index in [0.717, 1.165) is 17.7 Å². The van der Waals surface area contributed by atoms with Crippen LogP contribution in [-0.2, 0) is 14.8 Å². The number of hydrogen-bond donors (Lipinski definition) is 1. The van der Waals surface area contributed by atoms with Gasteiger partial charge in [-0.15, -0.1) is 0 Å². The second-order valence-electron chi connectivity index (χ2n) is 7.34. The maximum absolute atomic E-state index is 13.4. The van der Waals surface area contributed by atoms with E-state index < -0.39 is 27.7 Å². The van der Waals surface area contributed by atoms with Gasteiger partial charge in [-0.3, -0.25) is 4.79 Å². The van der Waals surface area contributed by atoms with Crippen LogP contribution in [0.5, 0.6) is 0 Å². The number of carbonyl (C=O) groups is 1. The molecule has 1 atom stereocenters. The highest BCUT2D eigenvalue weighted by atomic mass is 32.2. The van der Waals surface area contributed by atoms with Crippen molar-refractivity contribution in [1.82, 2.24) is 9.62 Å². The lowest BCUT2D eigenvalue weighted by atomic mass is 9.96. The maximum atomic E-state index is 13.4. The fourth-order valence-electron chi connectivity index (χ4n) is 3.38. The number of benzene rings is 2. The van der Waals surface area contributed by atoms with Crippen molar-refractivity contribution in [1.29, 1.82) is 0 Å². The Morgan fingerprint density at radius 3 is 2.40 bits per heavy atom. The Morgan fingerprint density at radius 1 is 1.10 bits per heavy atom. The molecule has 0 spiro atoms. The minimum atomic E-state index is -3.56. The summed E-state index contributed by atoms with van der Waals surface area (Å²) in [4.78, 5) is 12.5. The molecule has 0 aromatic heterocycles. The number of carbonyl (C=O) groups excluding carboxylic acids is 1. The molecule has 1 heterocycles. The molecule has 2 aromatic rings. The number of piperidine rings is 1. The summed E-state index contributed by atoms with van der Waals surface area (Å²) >= 11 is 0. The van der Waals surface area contributed by atoms with Gasteiger partial charge < -0.3 is 5.32 Å². The molecule has 1 amide bonds. The van der Waals surface area contributed by atoms with Gasteiger partial charge in [0.25, 0.3) is 0 Å². The number of rotatable bonds is 6. The summed E-state index contributed by atoms with van der Waals surface area (Å²) < 4.78 is 52.9. The first kappa shape index (κ1) is 22.1. The number of halogens is 2. The predicted octanol–water partition coefficient (Wildman–Crippen LogP) is 3.85.